The summed E-state index contributed by atoms with van der Waals surface area (Å²) >= 11 is 0. The fraction of sp³-hybridized carbons (Fsp3) is 0.565. The van der Waals surface area contributed by atoms with E-state index in [2.05, 4.69) is 11.7 Å². The van der Waals surface area contributed by atoms with E-state index in [-0.39, 0.29) is 25.9 Å². The van der Waals surface area contributed by atoms with Gasteiger partial charge < -0.3 is 9.47 Å². The molecule has 0 aliphatic heterocycles. The molecule has 0 amide bonds. The molecule has 0 saturated carbocycles. The van der Waals surface area contributed by atoms with Gasteiger partial charge in [0.05, 0.1) is 0 Å². The fourth-order valence-electron chi connectivity index (χ4n) is 2.76. The van der Waals surface area contributed by atoms with Gasteiger partial charge in [-0.3, -0.25) is 9.59 Å². The summed E-state index contributed by atoms with van der Waals surface area (Å²) in [5, 5.41) is 0. The number of esters is 2. The Morgan fingerprint density at radius 1 is 0.833 bits per heavy atom. The van der Waals surface area contributed by atoms with Crippen LogP contribution >= 0.6 is 0 Å². The van der Waals surface area contributed by atoms with Crippen molar-refractivity contribution in [3.8, 4) is 5.75 Å². The first kappa shape index (κ1) is 25.7. The second-order valence-corrected chi connectivity index (χ2v) is 7.07. The van der Waals surface area contributed by atoms with Crippen molar-refractivity contribution in [2.45, 2.75) is 77.6 Å². The third-order valence-corrected chi connectivity index (χ3v) is 4.47. The van der Waals surface area contributed by atoms with Crippen LogP contribution in [0.15, 0.2) is 24.3 Å². The number of hydrogen-bond donors (Lipinski definition) is 0. The lowest BCUT2D eigenvalue weighted by Crippen LogP contribution is -2.11. The molecule has 0 aliphatic rings. The van der Waals surface area contributed by atoms with E-state index in [1.807, 2.05) is 6.08 Å². The quantitative estimate of drug-likeness (QED) is 0.106. The fourth-order valence-corrected chi connectivity index (χ4v) is 2.76. The molecule has 0 aliphatic carbocycles. The monoisotopic (exact) mass is 428 g/mol. The standard InChI is InChI=1S/C23H31F3O4/c1-2-3-4-5-6-7-8-9-10-11-17-29-20(27)13-12-14-21(28)30-19-16-15-18(24)22(25)23(19)26/h10-11,15-16H,2-9,12-14,17H2,1H3/b11-10+. The minimum absolute atomic E-state index is 0.000953. The molecule has 0 unspecified atom stereocenters. The molecule has 30 heavy (non-hydrogen) atoms. The minimum atomic E-state index is -1.70. The van der Waals surface area contributed by atoms with Gasteiger partial charge in [-0.05, 0) is 31.4 Å². The van der Waals surface area contributed by atoms with E-state index in [9.17, 15) is 22.8 Å². The summed E-state index contributed by atoms with van der Waals surface area (Å²) in [5.74, 6) is -6.63. The first-order chi connectivity index (χ1) is 14.5. The van der Waals surface area contributed by atoms with Crippen molar-refractivity contribution < 1.29 is 32.2 Å². The minimum Gasteiger partial charge on any atom is -0.461 e. The summed E-state index contributed by atoms with van der Waals surface area (Å²) in [7, 11) is 0. The third kappa shape index (κ3) is 11.0. The highest BCUT2D eigenvalue weighted by molar-refractivity contribution is 5.74. The summed E-state index contributed by atoms with van der Waals surface area (Å²) < 4.78 is 49.0. The molecule has 1 rings (SSSR count). The van der Waals surface area contributed by atoms with Gasteiger partial charge in [-0.1, -0.05) is 57.6 Å². The number of rotatable bonds is 15. The lowest BCUT2D eigenvalue weighted by Gasteiger charge is -2.06. The van der Waals surface area contributed by atoms with Crippen LogP contribution in [0.2, 0.25) is 0 Å². The molecule has 1 aromatic carbocycles. The summed E-state index contributed by atoms with van der Waals surface area (Å²) in [5.41, 5.74) is 0. The van der Waals surface area contributed by atoms with Crippen molar-refractivity contribution in [2.75, 3.05) is 6.61 Å². The predicted octanol–water partition coefficient (Wildman–Crippen LogP) is 6.42. The summed E-state index contributed by atoms with van der Waals surface area (Å²) in [6, 6.07) is 1.50. The van der Waals surface area contributed by atoms with Crippen LogP contribution in [-0.2, 0) is 14.3 Å². The molecule has 168 valence electrons. The second kappa shape index (κ2) is 15.5. The number of hydrogen-bond acceptors (Lipinski definition) is 4. The van der Waals surface area contributed by atoms with Gasteiger partial charge in [0.15, 0.2) is 17.4 Å². The van der Waals surface area contributed by atoms with Crippen LogP contribution in [0.25, 0.3) is 0 Å². The van der Waals surface area contributed by atoms with Crippen molar-refractivity contribution in [1.29, 1.82) is 0 Å². The maximum atomic E-state index is 13.4. The van der Waals surface area contributed by atoms with E-state index in [4.69, 9.17) is 4.74 Å². The maximum Gasteiger partial charge on any atom is 0.311 e. The van der Waals surface area contributed by atoms with Crippen LogP contribution in [0.3, 0.4) is 0 Å². The van der Waals surface area contributed by atoms with E-state index >= 15 is 0 Å². The normalized spacial score (nSPS) is 11.1. The predicted molar refractivity (Wildman–Crippen MR) is 109 cm³/mol. The van der Waals surface area contributed by atoms with Gasteiger partial charge in [0.25, 0.3) is 0 Å². The molecule has 0 radical (unpaired) electrons. The smallest absolute Gasteiger partial charge is 0.311 e. The van der Waals surface area contributed by atoms with Gasteiger partial charge in [-0.25, -0.2) is 8.78 Å². The Kier molecular flexibility index (Phi) is 13.3. The average Bonchev–Trinajstić information content (AvgIpc) is 2.72. The highest BCUT2D eigenvalue weighted by Gasteiger charge is 2.17. The first-order valence-corrected chi connectivity index (χ1v) is 10.6. The van der Waals surface area contributed by atoms with E-state index < -0.39 is 35.1 Å². The molecule has 0 aromatic heterocycles. The topological polar surface area (TPSA) is 52.6 Å². The highest BCUT2D eigenvalue weighted by Crippen LogP contribution is 2.22. The molecule has 1 aromatic rings. The summed E-state index contributed by atoms with van der Waals surface area (Å²) in [6.45, 7) is 2.38. The summed E-state index contributed by atoms with van der Waals surface area (Å²) in [6.07, 6.45) is 13.5. The number of halogens is 3. The van der Waals surface area contributed by atoms with E-state index in [0.717, 1.165) is 18.9 Å². The zero-order valence-electron chi connectivity index (χ0n) is 17.6. The lowest BCUT2D eigenvalue weighted by atomic mass is 10.1. The van der Waals surface area contributed by atoms with Crippen LogP contribution in [0.4, 0.5) is 13.2 Å². The van der Waals surface area contributed by atoms with E-state index in [1.54, 1.807) is 6.08 Å². The van der Waals surface area contributed by atoms with Gasteiger partial charge in [-0.15, -0.1) is 0 Å². The molecule has 0 heterocycles. The molecular formula is C23H31F3O4. The molecule has 0 spiro atoms. The number of ether oxygens (including phenoxy) is 2. The number of carbonyl (C=O) groups is 2. The number of allylic oxidation sites excluding steroid dienone is 1. The van der Waals surface area contributed by atoms with Crippen LogP contribution in [0.1, 0.15) is 77.6 Å². The molecular weight excluding hydrogens is 397 g/mol. The first-order valence-electron chi connectivity index (χ1n) is 10.6. The maximum absolute atomic E-state index is 13.4. The lowest BCUT2D eigenvalue weighted by molar-refractivity contribution is -0.142. The number of unbranched alkanes of at least 4 members (excludes halogenated alkanes) is 7. The van der Waals surface area contributed by atoms with Crippen molar-refractivity contribution in [3.63, 3.8) is 0 Å². The molecule has 0 N–H and O–H groups in total. The zero-order chi connectivity index (χ0) is 22.2. The Balaban J connectivity index is 2.08. The van der Waals surface area contributed by atoms with E-state index in [0.29, 0.717) is 6.07 Å². The Bertz CT molecular complexity index is 689. The number of benzene rings is 1. The highest BCUT2D eigenvalue weighted by atomic mass is 19.2. The molecule has 0 atom stereocenters. The second-order valence-electron chi connectivity index (χ2n) is 7.07. The van der Waals surface area contributed by atoms with Gasteiger partial charge >= 0.3 is 11.9 Å². The van der Waals surface area contributed by atoms with Crippen molar-refractivity contribution in [1.82, 2.24) is 0 Å². The summed E-state index contributed by atoms with van der Waals surface area (Å²) in [4.78, 5) is 23.3. The van der Waals surface area contributed by atoms with Crippen molar-refractivity contribution in [3.05, 3.63) is 41.7 Å². The largest absolute Gasteiger partial charge is 0.461 e. The van der Waals surface area contributed by atoms with Crippen LogP contribution in [0.5, 0.6) is 5.75 Å². The Labute approximate surface area is 176 Å². The van der Waals surface area contributed by atoms with Crippen molar-refractivity contribution in [2.24, 2.45) is 0 Å². The molecule has 4 nitrogen and oxygen atoms in total. The van der Waals surface area contributed by atoms with Gasteiger partial charge in [0.1, 0.15) is 6.61 Å². The Morgan fingerprint density at radius 3 is 2.23 bits per heavy atom. The molecule has 7 heteroatoms. The van der Waals surface area contributed by atoms with Crippen molar-refractivity contribution >= 4 is 11.9 Å². The van der Waals surface area contributed by atoms with Crippen LogP contribution in [0, 0.1) is 17.5 Å². The van der Waals surface area contributed by atoms with Gasteiger partial charge in [0, 0.05) is 12.8 Å². The average molecular weight is 428 g/mol. The zero-order valence-corrected chi connectivity index (χ0v) is 17.6. The van der Waals surface area contributed by atoms with Gasteiger partial charge in [0.2, 0.25) is 5.82 Å². The molecule has 0 bridgehead atoms. The van der Waals surface area contributed by atoms with Crippen LogP contribution < -0.4 is 4.74 Å². The Hall–Kier alpha value is -2.31. The molecule has 0 fully saturated rings. The Morgan fingerprint density at radius 2 is 1.50 bits per heavy atom. The van der Waals surface area contributed by atoms with E-state index in [1.165, 1.54) is 38.5 Å². The molecule has 0 saturated heterocycles. The SMILES string of the molecule is CCCCCCCCC/C=C/COC(=O)CCCC(=O)Oc1ccc(F)c(F)c1F. The third-order valence-electron chi connectivity index (χ3n) is 4.47. The van der Waals surface area contributed by atoms with Crippen LogP contribution in [-0.4, -0.2) is 18.5 Å². The van der Waals surface area contributed by atoms with Gasteiger partial charge in [-0.2, -0.15) is 4.39 Å². The number of carbonyl (C=O) groups excluding carboxylic acids is 2.